The molecule has 0 atom stereocenters. The average molecular weight is 414 g/mol. The Morgan fingerprint density at radius 2 is 1.72 bits per heavy atom. The van der Waals surface area contributed by atoms with Gasteiger partial charge in [0.1, 0.15) is 16.6 Å². The van der Waals surface area contributed by atoms with Crippen molar-refractivity contribution < 1.29 is 12.8 Å². The Hall–Kier alpha value is -2.51. The Kier molecular flexibility index (Phi) is 5.52. The Bertz CT molecular complexity index is 1040. The van der Waals surface area contributed by atoms with Gasteiger partial charge in [0.15, 0.2) is 0 Å². The largest absolute Gasteiger partial charge is 0.299 e. The van der Waals surface area contributed by atoms with Crippen LogP contribution in [-0.4, -0.2) is 38.3 Å². The molecule has 0 unspecified atom stereocenters. The molecule has 1 N–H and O–H groups in total. The first-order valence-corrected chi connectivity index (χ1v) is 11.2. The van der Waals surface area contributed by atoms with E-state index in [1.165, 1.54) is 29.8 Å². The standard InChI is InChI=1S/C22H24FN3O2S/c1-16-21(18-7-9-19(23)10-8-18)29(27,28)25-22(16)24-20-11-13-26(14-12-20)15-17-5-3-2-4-6-17/h2-10,20H,11-15H2,1H3,(H,24,25). The lowest BCUT2D eigenvalue weighted by Gasteiger charge is -2.30. The third-order valence-corrected chi connectivity index (χ3v) is 6.96. The highest BCUT2D eigenvalue weighted by atomic mass is 32.2. The van der Waals surface area contributed by atoms with Gasteiger partial charge >= 0.3 is 0 Å². The summed E-state index contributed by atoms with van der Waals surface area (Å²) in [5.74, 6) is 0.0114. The van der Waals surface area contributed by atoms with Crippen molar-refractivity contribution in [2.75, 3.05) is 13.1 Å². The number of hydrogen-bond acceptors (Lipinski definition) is 4. The minimum absolute atomic E-state index is 0.0854. The Labute approximate surface area is 171 Å². The third kappa shape index (κ3) is 4.41. The van der Waals surface area contributed by atoms with Crippen molar-refractivity contribution >= 4 is 20.8 Å². The highest BCUT2D eigenvalue weighted by Crippen LogP contribution is 2.30. The second kappa shape index (κ2) is 8.08. The minimum atomic E-state index is -3.69. The number of sulfonamides is 1. The fourth-order valence-electron chi connectivity index (χ4n) is 3.89. The molecule has 5 nitrogen and oxygen atoms in total. The molecule has 152 valence electrons. The van der Waals surface area contributed by atoms with E-state index in [1.54, 1.807) is 6.92 Å². The number of rotatable bonds is 4. The lowest BCUT2D eigenvalue weighted by Crippen LogP contribution is -2.36. The van der Waals surface area contributed by atoms with E-state index < -0.39 is 15.8 Å². The summed E-state index contributed by atoms with van der Waals surface area (Å²) in [6.07, 6.45) is 1.77. The van der Waals surface area contributed by atoms with Gasteiger partial charge in [-0.25, -0.2) is 12.8 Å². The molecule has 0 aromatic heterocycles. The maximum atomic E-state index is 13.2. The number of benzene rings is 2. The van der Waals surface area contributed by atoms with Crippen molar-refractivity contribution in [1.29, 1.82) is 0 Å². The maximum Gasteiger partial charge on any atom is 0.264 e. The third-order valence-electron chi connectivity index (χ3n) is 5.42. The van der Waals surface area contributed by atoms with E-state index in [0.29, 0.717) is 17.0 Å². The van der Waals surface area contributed by atoms with E-state index in [-0.39, 0.29) is 10.9 Å². The molecule has 2 aromatic carbocycles. The predicted molar refractivity (Wildman–Crippen MR) is 113 cm³/mol. The fraction of sp³-hybridized carbons (Fsp3) is 0.318. The zero-order chi connectivity index (χ0) is 20.4. The molecule has 7 heteroatoms. The first kappa shape index (κ1) is 19.8. The molecule has 29 heavy (non-hydrogen) atoms. The monoisotopic (exact) mass is 413 g/mol. The van der Waals surface area contributed by atoms with Crippen molar-refractivity contribution in [3.8, 4) is 0 Å². The Morgan fingerprint density at radius 3 is 2.38 bits per heavy atom. The molecular formula is C22H24FN3O2S. The number of likely N-dealkylation sites (tertiary alicyclic amines) is 1. The number of halogens is 1. The summed E-state index contributed by atoms with van der Waals surface area (Å²) in [6.45, 7) is 4.53. The molecule has 0 amide bonds. The lowest BCUT2D eigenvalue weighted by atomic mass is 10.0. The van der Waals surface area contributed by atoms with Crippen molar-refractivity contribution in [2.45, 2.75) is 32.4 Å². The molecule has 4 rings (SSSR count). The van der Waals surface area contributed by atoms with Crippen molar-refractivity contribution in [3.63, 3.8) is 0 Å². The molecule has 0 spiro atoms. The molecular weight excluding hydrogens is 389 g/mol. The van der Waals surface area contributed by atoms with Crippen LogP contribution in [0.15, 0.2) is 65.2 Å². The molecule has 2 aromatic rings. The van der Waals surface area contributed by atoms with Gasteiger partial charge in [0, 0.05) is 25.2 Å². The molecule has 1 fully saturated rings. The summed E-state index contributed by atoms with van der Waals surface area (Å²) in [4.78, 5) is 7.29. The molecule has 2 heterocycles. The molecule has 0 radical (unpaired) electrons. The summed E-state index contributed by atoms with van der Waals surface area (Å²) >= 11 is 0. The fourth-order valence-corrected chi connectivity index (χ4v) is 5.40. The molecule has 0 bridgehead atoms. The van der Waals surface area contributed by atoms with Crippen LogP contribution >= 0.6 is 0 Å². The minimum Gasteiger partial charge on any atom is -0.299 e. The van der Waals surface area contributed by atoms with E-state index in [4.69, 9.17) is 4.99 Å². The van der Waals surface area contributed by atoms with E-state index >= 15 is 0 Å². The number of nitrogens with one attached hydrogen (secondary N) is 1. The Balaban J connectivity index is 1.47. The van der Waals surface area contributed by atoms with Crippen molar-refractivity contribution in [1.82, 2.24) is 9.62 Å². The van der Waals surface area contributed by atoms with Crippen LogP contribution < -0.4 is 4.72 Å². The molecule has 2 aliphatic heterocycles. The lowest BCUT2D eigenvalue weighted by molar-refractivity contribution is 0.206. The summed E-state index contributed by atoms with van der Waals surface area (Å²) in [6, 6.07) is 16.0. The van der Waals surface area contributed by atoms with Gasteiger partial charge in [0.25, 0.3) is 10.0 Å². The second-order valence-corrected chi connectivity index (χ2v) is 9.16. The summed E-state index contributed by atoms with van der Waals surface area (Å²) in [5, 5.41) is 0. The van der Waals surface area contributed by atoms with Gasteiger partial charge in [0.2, 0.25) is 0 Å². The van der Waals surface area contributed by atoms with E-state index in [2.05, 4.69) is 21.8 Å². The van der Waals surface area contributed by atoms with Crippen molar-refractivity contribution in [3.05, 3.63) is 77.1 Å². The quantitative estimate of drug-likeness (QED) is 0.834. The molecule has 2 aliphatic rings. The van der Waals surface area contributed by atoms with E-state index in [1.807, 2.05) is 18.2 Å². The average Bonchev–Trinajstić information content (AvgIpc) is 2.93. The highest BCUT2D eigenvalue weighted by Gasteiger charge is 2.33. The van der Waals surface area contributed by atoms with Crippen LogP contribution in [0.2, 0.25) is 0 Å². The number of aliphatic imine (C=N–C) groups is 1. The SMILES string of the molecule is CC1=C(c2ccc(F)cc2)S(=O)(=O)NC1=NC1CCN(Cc2ccccc2)CC1. The van der Waals surface area contributed by atoms with Gasteiger partial charge < -0.3 is 0 Å². The number of amidine groups is 1. The van der Waals surface area contributed by atoms with Gasteiger partial charge in [-0.2, -0.15) is 0 Å². The number of piperidine rings is 1. The van der Waals surface area contributed by atoms with Gasteiger partial charge in [0.05, 0.1) is 6.04 Å². The maximum absolute atomic E-state index is 13.2. The Morgan fingerprint density at radius 1 is 1.07 bits per heavy atom. The number of hydrogen-bond donors (Lipinski definition) is 1. The van der Waals surface area contributed by atoms with Crippen LogP contribution in [-0.2, 0) is 16.6 Å². The van der Waals surface area contributed by atoms with Crippen LogP contribution in [0.1, 0.15) is 30.9 Å². The summed E-state index contributed by atoms with van der Waals surface area (Å²) < 4.78 is 41.0. The second-order valence-electron chi connectivity index (χ2n) is 7.54. The zero-order valence-electron chi connectivity index (χ0n) is 16.3. The van der Waals surface area contributed by atoms with Crippen LogP contribution in [0.3, 0.4) is 0 Å². The zero-order valence-corrected chi connectivity index (χ0v) is 17.1. The van der Waals surface area contributed by atoms with Crippen LogP contribution in [0.4, 0.5) is 4.39 Å². The van der Waals surface area contributed by atoms with E-state index in [0.717, 1.165) is 32.5 Å². The molecule has 1 saturated heterocycles. The smallest absolute Gasteiger partial charge is 0.264 e. The predicted octanol–water partition coefficient (Wildman–Crippen LogP) is 3.55. The highest BCUT2D eigenvalue weighted by molar-refractivity contribution is 8.00. The van der Waals surface area contributed by atoms with Gasteiger partial charge in [-0.1, -0.05) is 42.5 Å². The normalized spacial score (nSPS) is 21.5. The van der Waals surface area contributed by atoms with Crippen LogP contribution in [0, 0.1) is 5.82 Å². The van der Waals surface area contributed by atoms with E-state index in [9.17, 15) is 12.8 Å². The number of nitrogens with zero attached hydrogens (tertiary/aromatic N) is 2. The van der Waals surface area contributed by atoms with Crippen molar-refractivity contribution in [2.24, 2.45) is 4.99 Å². The first-order chi connectivity index (χ1) is 13.9. The van der Waals surface area contributed by atoms with Crippen LogP contribution in [0.25, 0.3) is 4.91 Å². The molecule has 0 saturated carbocycles. The molecule has 0 aliphatic carbocycles. The van der Waals surface area contributed by atoms with Gasteiger partial charge in [-0.15, -0.1) is 0 Å². The summed E-state index contributed by atoms with van der Waals surface area (Å²) in [5.41, 5.74) is 2.35. The topological polar surface area (TPSA) is 61.8 Å². The summed E-state index contributed by atoms with van der Waals surface area (Å²) in [7, 11) is -3.69. The van der Waals surface area contributed by atoms with Gasteiger partial charge in [-0.05, 0) is 43.0 Å². The van der Waals surface area contributed by atoms with Gasteiger partial charge in [-0.3, -0.25) is 14.6 Å². The first-order valence-electron chi connectivity index (χ1n) is 9.76. The van der Waals surface area contributed by atoms with Crippen LogP contribution in [0.5, 0.6) is 0 Å².